The summed E-state index contributed by atoms with van der Waals surface area (Å²) in [7, 11) is 0. The summed E-state index contributed by atoms with van der Waals surface area (Å²) >= 11 is 0. The van der Waals surface area contributed by atoms with E-state index >= 15 is 0 Å². The minimum atomic E-state index is -0.422. The summed E-state index contributed by atoms with van der Waals surface area (Å²) in [6.07, 6.45) is 0.294. The molecule has 2 aromatic rings. The Morgan fingerprint density at radius 3 is 2.90 bits per heavy atom. The lowest BCUT2D eigenvalue weighted by molar-refractivity contribution is 0.305. The predicted octanol–water partition coefficient (Wildman–Crippen LogP) is 1.47. The van der Waals surface area contributed by atoms with Crippen LogP contribution in [0.15, 0.2) is 35.1 Å². The number of hydrogen-bond donors (Lipinski definition) is 1. The molecule has 5 heteroatoms. The van der Waals surface area contributed by atoms with Crippen molar-refractivity contribution in [1.29, 1.82) is 0 Å². The molecule has 1 N–H and O–H groups in total. The second-order valence-corrected chi connectivity index (χ2v) is 4.56. The van der Waals surface area contributed by atoms with E-state index in [2.05, 4.69) is 16.9 Å². The highest BCUT2D eigenvalue weighted by Gasteiger charge is 2.04. The van der Waals surface area contributed by atoms with Gasteiger partial charge in [-0.15, -0.1) is 0 Å². The molecule has 1 aromatic heterocycles. The molecule has 0 spiro atoms. The van der Waals surface area contributed by atoms with E-state index in [0.29, 0.717) is 6.42 Å². The monoisotopic (exact) mass is 286 g/mol. The maximum absolute atomic E-state index is 13.6. The largest absolute Gasteiger partial charge is 0.395 e. The molecular weight excluding hydrogens is 271 g/mol. The molecule has 0 bridgehead atoms. The first kappa shape index (κ1) is 14.9. The van der Waals surface area contributed by atoms with Gasteiger partial charge in [-0.3, -0.25) is 4.79 Å². The van der Waals surface area contributed by atoms with Crippen molar-refractivity contribution in [3.8, 4) is 11.8 Å². The molecule has 0 amide bonds. The summed E-state index contributed by atoms with van der Waals surface area (Å²) in [5, 5.41) is 12.8. The number of aryl methyl sites for hydroxylation is 1. The number of nitrogens with zero attached hydrogens (tertiary/aromatic N) is 2. The number of aromatic nitrogens is 2. The zero-order chi connectivity index (χ0) is 15.2. The van der Waals surface area contributed by atoms with Crippen molar-refractivity contribution in [2.45, 2.75) is 19.9 Å². The van der Waals surface area contributed by atoms with E-state index in [1.807, 2.05) is 0 Å². The lowest BCUT2D eigenvalue weighted by atomic mass is 10.1. The molecule has 0 saturated heterocycles. The molecule has 1 heterocycles. The van der Waals surface area contributed by atoms with Gasteiger partial charge in [0.1, 0.15) is 5.82 Å². The number of rotatable bonds is 3. The van der Waals surface area contributed by atoms with Crippen LogP contribution in [0.1, 0.15) is 23.2 Å². The summed E-state index contributed by atoms with van der Waals surface area (Å²) in [4.78, 5) is 11.7. The smallest absolute Gasteiger partial charge is 0.267 e. The molecular formula is C16H15FN2O2. The van der Waals surface area contributed by atoms with Crippen molar-refractivity contribution >= 4 is 0 Å². The van der Waals surface area contributed by atoms with Crippen LogP contribution in [0.5, 0.6) is 0 Å². The van der Waals surface area contributed by atoms with Crippen molar-refractivity contribution < 1.29 is 9.50 Å². The van der Waals surface area contributed by atoms with Gasteiger partial charge < -0.3 is 5.11 Å². The summed E-state index contributed by atoms with van der Waals surface area (Å²) in [6, 6.07) is 7.61. The highest BCUT2D eigenvalue weighted by atomic mass is 19.1. The van der Waals surface area contributed by atoms with E-state index in [0.717, 1.165) is 11.3 Å². The normalized spacial score (nSPS) is 10.0. The van der Waals surface area contributed by atoms with Gasteiger partial charge in [0.05, 0.1) is 24.4 Å². The van der Waals surface area contributed by atoms with E-state index in [1.165, 1.54) is 16.8 Å². The van der Waals surface area contributed by atoms with Crippen molar-refractivity contribution in [3.63, 3.8) is 0 Å². The van der Waals surface area contributed by atoms with Crippen LogP contribution < -0.4 is 5.56 Å². The average molecular weight is 286 g/mol. The predicted molar refractivity (Wildman–Crippen MR) is 77.3 cm³/mol. The maximum Gasteiger partial charge on any atom is 0.267 e. The topological polar surface area (TPSA) is 55.1 Å². The number of hydrogen-bond acceptors (Lipinski definition) is 3. The maximum atomic E-state index is 13.6. The average Bonchev–Trinajstić information content (AvgIpc) is 2.46. The van der Waals surface area contributed by atoms with Crippen LogP contribution in [0.3, 0.4) is 0 Å². The van der Waals surface area contributed by atoms with Crippen LogP contribution in [0, 0.1) is 24.6 Å². The summed E-state index contributed by atoms with van der Waals surface area (Å²) in [5.74, 6) is 4.93. The van der Waals surface area contributed by atoms with Gasteiger partial charge in [-0.05, 0) is 30.7 Å². The van der Waals surface area contributed by atoms with Crippen LogP contribution in [0.4, 0.5) is 4.39 Å². The molecule has 0 aliphatic carbocycles. The molecule has 2 rings (SSSR count). The molecule has 0 aliphatic rings. The molecule has 0 unspecified atom stereocenters. The van der Waals surface area contributed by atoms with Crippen LogP contribution in [-0.4, -0.2) is 21.5 Å². The summed E-state index contributed by atoms with van der Waals surface area (Å²) in [6.45, 7) is 2.00. The van der Waals surface area contributed by atoms with Crippen LogP contribution in [0.25, 0.3) is 0 Å². The Morgan fingerprint density at radius 2 is 2.14 bits per heavy atom. The Bertz CT molecular complexity index is 757. The van der Waals surface area contributed by atoms with Gasteiger partial charge in [-0.2, -0.15) is 5.10 Å². The van der Waals surface area contributed by atoms with Crippen molar-refractivity contribution in [2.24, 2.45) is 0 Å². The molecule has 0 saturated carbocycles. The SMILES string of the molecule is Cc1ccc(=O)n(Cc2ccc(F)c(C#CCCO)c2)n1. The Morgan fingerprint density at radius 1 is 1.33 bits per heavy atom. The molecule has 0 aliphatic heterocycles. The van der Waals surface area contributed by atoms with Gasteiger partial charge in [0.25, 0.3) is 5.56 Å². The summed E-state index contributed by atoms with van der Waals surface area (Å²) in [5.41, 5.74) is 1.52. The van der Waals surface area contributed by atoms with Gasteiger partial charge in [-0.25, -0.2) is 9.07 Å². The molecule has 1 aromatic carbocycles. The van der Waals surface area contributed by atoms with Crippen LogP contribution >= 0.6 is 0 Å². The number of aliphatic hydroxyl groups is 1. The molecule has 21 heavy (non-hydrogen) atoms. The fourth-order valence-electron chi connectivity index (χ4n) is 1.82. The lowest BCUT2D eigenvalue weighted by Gasteiger charge is -2.06. The number of aliphatic hydroxyl groups excluding tert-OH is 1. The van der Waals surface area contributed by atoms with Gasteiger partial charge in [0.2, 0.25) is 0 Å². The molecule has 4 nitrogen and oxygen atoms in total. The molecule has 108 valence electrons. The van der Waals surface area contributed by atoms with E-state index in [9.17, 15) is 9.18 Å². The van der Waals surface area contributed by atoms with Gasteiger partial charge >= 0.3 is 0 Å². The number of halogens is 1. The van der Waals surface area contributed by atoms with E-state index in [4.69, 9.17) is 5.11 Å². The molecule has 0 radical (unpaired) electrons. The highest BCUT2D eigenvalue weighted by molar-refractivity contribution is 5.38. The fraction of sp³-hybridized carbons (Fsp3) is 0.250. The first-order valence-electron chi connectivity index (χ1n) is 6.53. The first-order valence-corrected chi connectivity index (χ1v) is 6.53. The minimum Gasteiger partial charge on any atom is -0.395 e. The zero-order valence-electron chi connectivity index (χ0n) is 11.6. The molecule has 0 fully saturated rings. The third kappa shape index (κ3) is 4.01. The first-order chi connectivity index (χ1) is 10.1. The third-order valence-corrected chi connectivity index (χ3v) is 2.82. The summed E-state index contributed by atoms with van der Waals surface area (Å²) < 4.78 is 15.0. The van der Waals surface area contributed by atoms with Gasteiger partial charge in [0, 0.05) is 12.5 Å². The minimum absolute atomic E-state index is 0.0586. The van der Waals surface area contributed by atoms with E-state index < -0.39 is 5.82 Å². The van der Waals surface area contributed by atoms with E-state index in [1.54, 1.807) is 25.1 Å². The Balaban J connectivity index is 2.29. The third-order valence-electron chi connectivity index (χ3n) is 2.82. The lowest BCUT2D eigenvalue weighted by Crippen LogP contribution is -2.23. The number of benzene rings is 1. The van der Waals surface area contributed by atoms with E-state index in [-0.39, 0.29) is 24.3 Å². The Labute approximate surface area is 121 Å². The van der Waals surface area contributed by atoms with Gasteiger partial charge in [0.15, 0.2) is 0 Å². The van der Waals surface area contributed by atoms with Crippen molar-refractivity contribution in [3.05, 3.63) is 63.3 Å². The quantitative estimate of drug-likeness (QED) is 0.869. The second-order valence-electron chi connectivity index (χ2n) is 4.56. The highest BCUT2D eigenvalue weighted by Crippen LogP contribution is 2.10. The zero-order valence-corrected chi connectivity index (χ0v) is 11.6. The standard InChI is InChI=1S/C16H15FN2O2/c1-12-5-8-16(21)19(18-12)11-13-6-7-15(17)14(10-13)4-2-3-9-20/h5-8,10,20H,3,9,11H2,1H3. The van der Waals surface area contributed by atoms with Crippen molar-refractivity contribution in [2.75, 3.05) is 6.61 Å². The Hall–Kier alpha value is -2.45. The second kappa shape index (κ2) is 6.82. The van der Waals surface area contributed by atoms with Gasteiger partial charge in [-0.1, -0.05) is 17.9 Å². The Kier molecular flexibility index (Phi) is 4.85. The van der Waals surface area contributed by atoms with Crippen molar-refractivity contribution in [1.82, 2.24) is 9.78 Å². The van der Waals surface area contributed by atoms with Crippen LogP contribution in [-0.2, 0) is 6.54 Å². The fourth-order valence-corrected chi connectivity index (χ4v) is 1.82. The van der Waals surface area contributed by atoms with Crippen LogP contribution in [0.2, 0.25) is 0 Å². The molecule has 0 atom stereocenters.